The van der Waals surface area contributed by atoms with Gasteiger partial charge in [0, 0.05) is 17.7 Å². The Morgan fingerprint density at radius 3 is 2.45 bits per heavy atom. The van der Waals surface area contributed by atoms with Crippen LogP contribution in [0.4, 0.5) is 17.6 Å². The van der Waals surface area contributed by atoms with Crippen LogP contribution in [-0.4, -0.2) is 32.7 Å². The van der Waals surface area contributed by atoms with Gasteiger partial charge >= 0.3 is 6.18 Å². The summed E-state index contributed by atoms with van der Waals surface area (Å²) in [6.45, 7) is 0. The van der Waals surface area contributed by atoms with E-state index in [0.29, 0.717) is 6.07 Å². The number of nitrogens with one attached hydrogen (secondary N) is 1. The van der Waals surface area contributed by atoms with Crippen molar-refractivity contribution in [1.82, 2.24) is 5.32 Å². The van der Waals surface area contributed by atoms with E-state index in [-0.39, 0.29) is 24.2 Å². The molecule has 5 nitrogen and oxygen atoms in total. The summed E-state index contributed by atoms with van der Waals surface area (Å²) in [5.41, 5.74) is -1.02. The Balaban J connectivity index is 1.66. The second kappa shape index (κ2) is 7.66. The van der Waals surface area contributed by atoms with Crippen molar-refractivity contribution in [3.8, 4) is 5.75 Å². The van der Waals surface area contributed by atoms with Crippen molar-refractivity contribution < 1.29 is 35.5 Å². The molecule has 0 radical (unpaired) electrons. The van der Waals surface area contributed by atoms with Gasteiger partial charge in [-0.05, 0) is 43.2 Å². The number of methoxy groups -OCH3 is 1. The maximum Gasteiger partial charge on any atom is 0.416 e. The predicted molar refractivity (Wildman–Crippen MR) is 95.9 cm³/mol. The summed E-state index contributed by atoms with van der Waals surface area (Å²) < 4.78 is 82.0. The number of hydrogen-bond acceptors (Lipinski definition) is 4. The molecule has 1 aliphatic carbocycles. The van der Waals surface area contributed by atoms with Gasteiger partial charge in [-0.25, -0.2) is 12.8 Å². The van der Waals surface area contributed by atoms with Gasteiger partial charge in [0.1, 0.15) is 11.6 Å². The fourth-order valence-electron chi connectivity index (χ4n) is 3.06. The molecule has 0 atom stereocenters. The molecule has 0 heterocycles. The van der Waals surface area contributed by atoms with Crippen LogP contribution in [0.25, 0.3) is 0 Å². The van der Waals surface area contributed by atoms with Crippen LogP contribution in [0.1, 0.15) is 28.8 Å². The average molecular weight is 431 g/mol. The average Bonchev–Trinajstić information content (AvgIpc) is 2.62. The van der Waals surface area contributed by atoms with Gasteiger partial charge in [-0.3, -0.25) is 4.79 Å². The molecule has 0 aromatic heterocycles. The van der Waals surface area contributed by atoms with Gasteiger partial charge in [-0.15, -0.1) is 0 Å². The van der Waals surface area contributed by atoms with Crippen LogP contribution in [0.2, 0.25) is 0 Å². The molecular weight excluding hydrogens is 414 g/mol. The SMILES string of the molecule is COc1cc(F)cc(C(=O)N[C@H]2C[C@H](S(=O)(=O)c3cccc(C(F)(F)F)c3)C2)c1. The van der Waals surface area contributed by atoms with Crippen LogP contribution in [0.15, 0.2) is 47.4 Å². The third-order valence-corrected chi connectivity index (χ3v) is 6.90. The summed E-state index contributed by atoms with van der Waals surface area (Å²) >= 11 is 0. The highest BCUT2D eigenvalue weighted by Gasteiger charge is 2.41. The Hall–Kier alpha value is -2.62. The van der Waals surface area contributed by atoms with Gasteiger partial charge in [0.15, 0.2) is 9.84 Å². The highest BCUT2D eigenvalue weighted by Crippen LogP contribution is 2.35. The zero-order chi connectivity index (χ0) is 21.4. The molecular formula is C19H17F4NO4S. The Bertz CT molecular complexity index is 1030. The second-order valence-electron chi connectivity index (χ2n) is 6.71. The van der Waals surface area contributed by atoms with E-state index in [4.69, 9.17) is 4.74 Å². The molecule has 1 aliphatic rings. The maximum absolute atomic E-state index is 13.5. The van der Waals surface area contributed by atoms with Gasteiger partial charge < -0.3 is 10.1 Å². The Morgan fingerprint density at radius 1 is 1.14 bits per heavy atom. The molecule has 0 aliphatic heterocycles. The first kappa shape index (κ1) is 21.1. The quantitative estimate of drug-likeness (QED) is 0.735. The number of amides is 1. The van der Waals surface area contributed by atoms with Gasteiger partial charge in [0.2, 0.25) is 0 Å². The van der Waals surface area contributed by atoms with Crippen LogP contribution in [0, 0.1) is 5.82 Å². The zero-order valence-electron chi connectivity index (χ0n) is 15.2. The number of ether oxygens (including phenoxy) is 1. The lowest BCUT2D eigenvalue weighted by Crippen LogP contribution is -2.49. The molecule has 0 unspecified atom stereocenters. The van der Waals surface area contributed by atoms with E-state index in [0.717, 1.165) is 30.3 Å². The number of carbonyl (C=O) groups is 1. The standard InChI is InChI=1S/C19H17F4NO4S/c1-28-15-6-11(5-13(20)8-15)18(25)24-14-9-17(10-14)29(26,27)16-4-2-3-12(7-16)19(21,22)23/h2-8,14,17H,9-10H2,1H3,(H,24,25)/t14-,17-. The number of benzene rings is 2. The largest absolute Gasteiger partial charge is 0.497 e. The van der Waals surface area contributed by atoms with E-state index < -0.39 is 49.5 Å². The lowest BCUT2D eigenvalue weighted by atomic mass is 9.92. The molecule has 1 saturated carbocycles. The van der Waals surface area contributed by atoms with Crippen LogP contribution in [-0.2, 0) is 16.0 Å². The number of hydrogen-bond donors (Lipinski definition) is 1. The monoisotopic (exact) mass is 431 g/mol. The molecule has 3 rings (SSSR count). The first-order valence-electron chi connectivity index (χ1n) is 8.57. The highest BCUT2D eigenvalue weighted by molar-refractivity contribution is 7.92. The molecule has 10 heteroatoms. The molecule has 0 bridgehead atoms. The molecule has 0 saturated heterocycles. The van der Waals surface area contributed by atoms with Crippen LogP contribution in [0.5, 0.6) is 5.75 Å². The Labute approximate surface area is 164 Å². The molecule has 2 aromatic rings. The molecule has 1 amide bonds. The summed E-state index contributed by atoms with van der Waals surface area (Å²) in [6, 6.07) is 6.57. The van der Waals surface area contributed by atoms with E-state index in [1.807, 2.05) is 0 Å². The number of rotatable bonds is 5. The van der Waals surface area contributed by atoms with E-state index in [2.05, 4.69) is 5.32 Å². The van der Waals surface area contributed by atoms with E-state index >= 15 is 0 Å². The van der Waals surface area contributed by atoms with Gasteiger partial charge in [-0.2, -0.15) is 13.2 Å². The van der Waals surface area contributed by atoms with Crippen LogP contribution in [0.3, 0.4) is 0 Å². The first-order chi connectivity index (χ1) is 13.5. The second-order valence-corrected chi connectivity index (χ2v) is 8.94. The third-order valence-electron chi connectivity index (χ3n) is 4.73. The number of sulfone groups is 1. The first-order valence-corrected chi connectivity index (χ1v) is 10.1. The van der Waals surface area contributed by atoms with Gasteiger partial charge in [-0.1, -0.05) is 6.07 Å². The number of carbonyl (C=O) groups excluding carboxylic acids is 1. The molecule has 1 N–H and O–H groups in total. The summed E-state index contributed by atoms with van der Waals surface area (Å²) in [5, 5.41) is 1.69. The topological polar surface area (TPSA) is 72.5 Å². The van der Waals surface area contributed by atoms with Gasteiger partial charge in [0.05, 0.1) is 22.8 Å². The minimum Gasteiger partial charge on any atom is -0.497 e. The van der Waals surface area contributed by atoms with E-state index in [9.17, 15) is 30.8 Å². The van der Waals surface area contributed by atoms with Crippen molar-refractivity contribution in [2.45, 2.75) is 35.2 Å². The lowest BCUT2D eigenvalue weighted by molar-refractivity contribution is -0.137. The number of alkyl halides is 3. The van der Waals surface area contributed by atoms with Crippen LogP contribution < -0.4 is 10.1 Å². The van der Waals surface area contributed by atoms with Crippen molar-refractivity contribution in [2.75, 3.05) is 7.11 Å². The summed E-state index contributed by atoms with van der Waals surface area (Å²) in [4.78, 5) is 11.8. The van der Waals surface area contributed by atoms with Crippen molar-refractivity contribution in [3.63, 3.8) is 0 Å². The predicted octanol–water partition coefficient (Wildman–Crippen LogP) is 3.59. The minimum atomic E-state index is -4.65. The smallest absolute Gasteiger partial charge is 0.416 e. The van der Waals surface area contributed by atoms with Crippen molar-refractivity contribution in [2.24, 2.45) is 0 Å². The fourth-order valence-corrected chi connectivity index (χ4v) is 4.97. The van der Waals surface area contributed by atoms with Crippen molar-refractivity contribution in [3.05, 3.63) is 59.4 Å². The van der Waals surface area contributed by atoms with Crippen LogP contribution >= 0.6 is 0 Å². The number of halogens is 4. The zero-order valence-corrected chi connectivity index (χ0v) is 16.0. The third kappa shape index (κ3) is 4.52. The molecule has 156 valence electrons. The molecule has 2 aromatic carbocycles. The lowest BCUT2D eigenvalue weighted by Gasteiger charge is -2.35. The van der Waals surface area contributed by atoms with E-state index in [1.54, 1.807) is 0 Å². The highest BCUT2D eigenvalue weighted by atomic mass is 32.2. The molecule has 29 heavy (non-hydrogen) atoms. The molecule has 1 fully saturated rings. The van der Waals surface area contributed by atoms with Crippen molar-refractivity contribution >= 4 is 15.7 Å². The van der Waals surface area contributed by atoms with Crippen molar-refractivity contribution in [1.29, 1.82) is 0 Å². The summed E-state index contributed by atoms with van der Waals surface area (Å²) in [5.74, 6) is -1.09. The Morgan fingerprint density at radius 2 is 1.83 bits per heavy atom. The summed E-state index contributed by atoms with van der Waals surface area (Å²) in [6.07, 6.45) is -4.54. The van der Waals surface area contributed by atoms with E-state index in [1.165, 1.54) is 13.2 Å². The Kier molecular flexibility index (Phi) is 5.57. The van der Waals surface area contributed by atoms with Gasteiger partial charge in [0.25, 0.3) is 5.91 Å². The molecule has 0 spiro atoms. The fraction of sp³-hybridized carbons (Fsp3) is 0.316. The summed E-state index contributed by atoms with van der Waals surface area (Å²) in [7, 11) is -2.64. The minimum absolute atomic E-state index is 0.0195. The normalized spacial score (nSPS) is 19.3. The maximum atomic E-state index is 13.5.